The second-order valence-corrected chi connectivity index (χ2v) is 4.51. The molecule has 0 spiro atoms. The minimum absolute atomic E-state index is 0.0366. The highest BCUT2D eigenvalue weighted by Gasteiger charge is 2.27. The van der Waals surface area contributed by atoms with E-state index in [-0.39, 0.29) is 5.91 Å². The Morgan fingerprint density at radius 1 is 1.38 bits per heavy atom. The Labute approximate surface area is 99.3 Å². The molecule has 0 aliphatic heterocycles. The van der Waals surface area contributed by atoms with Crippen molar-refractivity contribution in [3.05, 3.63) is 0 Å². The fourth-order valence-electron chi connectivity index (χ4n) is 1.15. The quantitative estimate of drug-likeness (QED) is 0.682. The molecule has 4 nitrogen and oxygen atoms in total. The number of rotatable bonds is 8. The van der Waals surface area contributed by atoms with Gasteiger partial charge < -0.3 is 15.0 Å². The highest BCUT2D eigenvalue weighted by Crippen LogP contribution is 2.09. The lowest BCUT2D eigenvalue weighted by atomic mass is 10.1. The Kier molecular flexibility index (Phi) is 7.34. The molecule has 0 saturated carbocycles. The molecule has 0 radical (unpaired) electrons. The molecule has 1 amide bonds. The maximum Gasteiger partial charge on any atom is 0.251 e. The average Bonchev–Trinajstić information content (AvgIpc) is 2.25. The molecule has 96 valence electrons. The van der Waals surface area contributed by atoms with Crippen molar-refractivity contribution in [1.29, 1.82) is 0 Å². The molecule has 0 fully saturated rings. The maximum absolute atomic E-state index is 11.8. The maximum atomic E-state index is 11.8. The third kappa shape index (κ3) is 6.08. The molecule has 0 aromatic rings. The van der Waals surface area contributed by atoms with Crippen LogP contribution in [0.3, 0.4) is 0 Å². The topological polar surface area (TPSA) is 41.6 Å². The first-order valence-corrected chi connectivity index (χ1v) is 6.04. The van der Waals surface area contributed by atoms with Crippen LogP contribution in [0.2, 0.25) is 0 Å². The molecule has 0 unspecified atom stereocenters. The van der Waals surface area contributed by atoms with Crippen molar-refractivity contribution in [2.45, 2.75) is 39.7 Å². The zero-order chi connectivity index (χ0) is 12.6. The van der Waals surface area contributed by atoms with Gasteiger partial charge in [-0.15, -0.1) is 0 Å². The van der Waals surface area contributed by atoms with Crippen molar-refractivity contribution in [3.8, 4) is 0 Å². The van der Waals surface area contributed by atoms with Crippen LogP contribution in [-0.4, -0.2) is 49.7 Å². The van der Waals surface area contributed by atoms with E-state index in [0.717, 1.165) is 19.5 Å². The van der Waals surface area contributed by atoms with E-state index in [2.05, 4.69) is 17.1 Å². The van der Waals surface area contributed by atoms with E-state index < -0.39 is 5.60 Å². The summed E-state index contributed by atoms with van der Waals surface area (Å²) in [5.74, 6) is -0.0366. The number of likely N-dealkylation sites (N-methyl/N-ethyl adjacent to an activating group) is 1. The van der Waals surface area contributed by atoms with E-state index >= 15 is 0 Å². The Bertz CT molecular complexity index is 205. The number of hydrogen-bond acceptors (Lipinski definition) is 3. The standard InChI is InChI=1S/C12H26N2O2/c1-6-10-16-12(3,4)11(15)13-8-9-14(5)7-2/h6-10H2,1-5H3,(H,13,15). The van der Waals surface area contributed by atoms with E-state index in [9.17, 15) is 4.79 Å². The first kappa shape index (κ1) is 15.4. The number of nitrogens with one attached hydrogen (secondary N) is 1. The number of carbonyl (C=O) groups excluding carboxylic acids is 1. The second-order valence-electron chi connectivity index (χ2n) is 4.51. The summed E-state index contributed by atoms with van der Waals surface area (Å²) in [6.45, 7) is 10.9. The Hall–Kier alpha value is -0.610. The summed E-state index contributed by atoms with van der Waals surface area (Å²) in [6.07, 6.45) is 0.926. The molecule has 0 aromatic carbocycles. The molecule has 0 aromatic heterocycles. The number of hydrogen-bond donors (Lipinski definition) is 1. The van der Waals surface area contributed by atoms with Gasteiger partial charge in [-0.2, -0.15) is 0 Å². The van der Waals surface area contributed by atoms with Crippen molar-refractivity contribution >= 4 is 5.91 Å². The van der Waals surface area contributed by atoms with Crippen molar-refractivity contribution in [3.63, 3.8) is 0 Å². The lowest BCUT2D eigenvalue weighted by molar-refractivity contribution is -0.142. The zero-order valence-corrected chi connectivity index (χ0v) is 11.3. The van der Waals surface area contributed by atoms with Crippen LogP contribution in [0.5, 0.6) is 0 Å². The zero-order valence-electron chi connectivity index (χ0n) is 11.3. The summed E-state index contributed by atoms with van der Waals surface area (Å²) >= 11 is 0. The highest BCUT2D eigenvalue weighted by atomic mass is 16.5. The molecule has 0 bridgehead atoms. The van der Waals surface area contributed by atoms with E-state index in [1.54, 1.807) is 0 Å². The molecular formula is C12H26N2O2. The summed E-state index contributed by atoms with van der Waals surface area (Å²) < 4.78 is 5.50. The van der Waals surface area contributed by atoms with Crippen molar-refractivity contribution in [1.82, 2.24) is 10.2 Å². The Morgan fingerprint density at radius 2 is 2.00 bits per heavy atom. The molecule has 0 rings (SSSR count). The van der Waals surface area contributed by atoms with Crippen molar-refractivity contribution < 1.29 is 9.53 Å². The van der Waals surface area contributed by atoms with Gasteiger partial charge in [-0.25, -0.2) is 0 Å². The molecule has 1 N–H and O–H groups in total. The van der Waals surface area contributed by atoms with E-state index in [1.807, 2.05) is 27.8 Å². The van der Waals surface area contributed by atoms with Crippen molar-refractivity contribution in [2.75, 3.05) is 33.3 Å². The first-order chi connectivity index (χ1) is 7.44. The summed E-state index contributed by atoms with van der Waals surface area (Å²) in [5, 5.41) is 2.89. The molecule has 0 atom stereocenters. The van der Waals surface area contributed by atoms with Gasteiger partial charge in [0.1, 0.15) is 5.60 Å². The van der Waals surface area contributed by atoms with Gasteiger partial charge in [-0.3, -0.25) is 4.79 Å². The van der Waals surface area contributed by atoms with Crippen LogP contribution in [0.1, 0.15) is 34.1 Å². The third-order valence-electron chi connectivity index (χ3n) is 2.53. The number of carbonyl (C=O) groups is 1. The average molecular weight is 230 g/mol. The van der Waals surface area contributed by atoms with Crippen LogP contribution >= 0.6 is 0 Å². The van der Waals surface area contributed by atoms with Crippen LogP contribution in [0.4, 0.5) is 0 Å². The van der Waals surface area contributed by atoms with Crippen LogP contribution in [0.15, 0.2) is 0 Å². The van der Waals surface area contributed by atoms with Crippen LogP contribution in [0.25, 0.3) is 0 Å². The van der Waals surface area contributed by atoms with Gasteiger partial charge in [0.05, 0.1) is 0 Å². The molecule has 0 aliphatic rings. The molecule has 0 aliphatic carbocycles. The lowest BCUT2D eigenvalue weighted by Gasteiger charge is -2.24. The number of amides is 1. The Balaban J connectivity index is 3.86. The predicted octanol–water partition coefficient (Wildman–Crippen LogP) is 1.26. The summed E-state index contributed by atoms with van der Waals surface area (Å²) in [4.78, 5) is 13.9. The molecule has 16 heavy (non-hydrogen) atoms. The molecule has 0 saturated heterocycles. The van der Waals surface area contributed by atoms with E-state index in [4.69, 9.17) is 4.74 Å². The summed E-state index contributed by atoms with van der Waals surface area (Å²) in [7, 11) is 2.03. The van der Waals surface area contributed by atoms with Gasteiger partial charge >= 0.3 is 0 Å². The normalized spacial score (nSPS) is 11.9. The van der Waals surface area contributed by atoms with E-state index in [1.165, 1.54) is 0 Å². The van der Waals surface area contributed by atoms with Gasteiger partial charge in [0.15, 0.2) is 0 Å². The lowest BCUT2D eigenvalue weighted by Crippen LogP contribution is -2.46. The van der Waals surface area contributed by atoms with Crippen LogP contribution in [-0.2, 0) is 9.53 Å². The van der Waals surface area contributed by atoms with Gasteiger partial charge in [0, 0.05) is 19.7 Å². The molecule has 4 heteroatoms. The van der Waals surface area contributed by atoms with Gasteiger partial charge in [-0.1, -0.05) is 13.8 Å². The van der Waals surface area contributed by atoms with Gasteiger partial charge in [0.25, 0.3) is 5.91 Å². The minimum Gasteiger partial charge on any atom is -0.366 e. The van der Waals surface area contributed by atoms with E-state index in [0.29, 0.717) is 13.2 Å². The smallest absolute Gasteiger partial charge is 0.251 e. The second kappa shape index (κ2) is 7.63. The SMILES string of the molecule is CCCOC(C)(C)C(=O)NCCN(C)CC. The fraction of sp³-hybridized carbons (Fsp3) is 0.917. The highest BCUT2D eigenvalue weighted by molar-refractivity contribution is 5.84. The van der Waals surface area contributed by atoms with Gasteiger partial charge in [-0.05, 0) is 33.9 Å². The van der Waals surface area contributed by atoms with Crippen LogP contribution < -0.4 is 5.32 Å². The molecule has 0 heterocycles. The minimum atomic E-state index is -0.721. The van der Waals surface area contributed by atoms with Crippen LogP contribution in [0, 0.1) is 0 Å². The summed E-state index contributed by atoms with van der Waals surface area (Å²) in [6, 6.07) is 0. The Morgan fingerprint density at radius 3 is 2.50 bits per heavy atom. The number of nitrogens with zero attached hydrogens (tertiary/aromatic N) is 1. The fourth-order valence-corrected chi connectivity index (χ4v) is 1.15. The first-order valence-electron chi connectivity index (χ1n) is 6.04. The molecular weight excluding hydrogens is 204 g/mol. The predicted molar refractivity (Wildman–Crippen MR) is 66.5 cm³/mol. The number of ether oxygens (including phenoxy) is 1. The largest absolute Gasteiger partial charge is 0.366 e. The van der Waals surface area contributed by atoms with Gasteiger partial charge in [0.2, 0.25) is 0 Å². The van der Waals surface area contributed by atoms with Crippen molar-refractivity contribution in [2.24, 2.45) is 0 Å². The third-order valence-corrected chi connectivity index (χ3v) is 2.53. The monoisotopic (exact) mass is 230 g/mol. The summed E-state index contributed by atoms with van der Waals surface area (Å²) in [5.41, 5.74) is -0.721.